The predicted molar refractivity (Wildman–Crippen MR) is 161 cm³/mol. The average molecular weight is 583 g/mol. The molecule has 8 heteroatoms. The van der Waals surface area contributed by atoms with Crippen LogP contribution < -0.4 is 14.2 Å². The molecule has 8 nitrogen and oxygen atoms in total. The van der Waals surface area contributed by atoms with E-state index in [9.17, 15) is 9.59 Å². The Morgan fingerprint density at radius 3 is 1.81 bits per heavy atom. The van der Waals surface area contributed by atoms with E-state index in [0.29, 0.717) is 36.9 Å². The molecule has 1 aliphatic rings. The van der Waals surface area contributed by atoms with E-state index in [0.717, 1.165) is 90.0 Å². The molecule has 1 heterocycles. The fourth-order valence-corrected chi connectivity index (χ4v) is 4.36. The average Bonchev–Trinajstić information content (AvgIpc) is 2.99. The summed E-state index contributed by atoms with van der Waals surface area (Å²) in [5.74, 6) is 1.10. The third-order valence-electron chi connectivity index (χ3n) is 7.27. The Morgan fingerprint density at radius 1 is 0.762 bits per heavy atom. The summed E-state index contributed by atoms with van der Waals surface area (Å²) in [6, 6.07) is 14.0. The molecule has 1 saturated heterocycles. The van der Waals surface area contributed by atoms with Crippen molar-refractivity contribution >= 4 is 11.9 Å². The molecule has 0 aromatic heterocycles. The number of benzene rings is 2. The maximum absolute atomic E-state index is 12.5. The molecule has 0 bridgehead atoms. The Hall–Kier alpha value is -3.36. The maximum Gasteiger partial charge on any atom is 0.343 e. The molecule has 0 radical (unpaired) electrons. The summed E-state index contributed by atoms with van der Waals surface area (Å²) in [5, 5.41) is 0. The molecule has 0 aliphatic carbocycles. The van der Waals surface area contributed by atoms with Crippen LogP contribution in [0.15, 0.2) is 61.2 Å². The van der Waals surface area contributed by atoms with Crippen molar-refractivity contribution in [1.29, 1.82) is 0 Å². The molecular formula is C34H46O8. The first-order valence-corrected chi connectivity index (χ1v) is 15.2. The van der Waals surface area contributed by atoms with Crippen LogP contribution in [0.5, 0.6) is 17.2 Å². The summed E-state index contributed by atoms with van der Waals surface area (Å²) in [6.45, 7) is 10.5. The summed E-state index contributed by atoms with van der Waals surface area (Å²) < 4.78 is 33.2. The number of carbonyl (C=O) groups excluding carboxylic acids is 2. The SMILES string of the molecule is C=CC(=O)OCCCCCCOc1ccc(C(=O)Oc2ccc(OCCCCCCOCC3(CC)COC3)cc2)cc1. The molecule has 0 spiro atoms. The van der Waals surface area contributed by atoms with Crippen LogP contribution in [0, 0.1) is 5.41 Å². The van der Waals surface area contributed by atoms with Crippen molar-refractivity contribution in [3.05, 3.63) is 66.7 Å². The van der Waals surface area contributed by atoms with Crippen LogP contribution in [0.25, 0.3) is 0 Å². The zero-order chi connectivity index (χ0) is 29.9. The van der Waals surface area contributed by atoms with Crippen LogP contribution in [0.1, 0.15) is 75.1 Å². The molecule has 3 rings (SSSR count). The summed E-state index contributed by atoms with van der Waals surface area (Å²) in [6.07, 6.45) is 10.2. The van der Waals surface area contributed by atoms with Gasteiger partial charge in [-0.15, -0.1) is 0 Å². The zero-order valence-corrected chi connectivity index (χ0v) is 25.0. The van der Waals surface area contributed by atoms with Crippen LogP contribution in [-0.4, -0.2) is 58.2 Å². The number of hydrogen-bond acceptors (Lipinski definition) is 8. The zero-order valence-electron chi connectivity index (χ0n) is 25.0. The highest BCUT2D eigenvalue weighted by molar-refractivity contribution is 5.91. The first-order valence-electron chi connectivity index (χ1n) is 15.2. The minimum atomic E-state index is -0.428. The third kappa shape index (κ3) is 12.2. The van der Waals surface area contributed by atoms with Crippen LogP contribution in [0.2, 0.25) is 0 Å². The first kappa shape index (κ1) is 33.1. The van der Waals surface area contributed by atoms with E-state index in [2.05, 4.69) is 13.5 Å². The van der Waals surface area contributed by atoms with E-state index >= 15 is 0 Å². The fraction of sp³-hybridized carbons (Fsp3) is 0.529. The number of rotatable bonds is 22. The molecule has 0 N–H and O–H groups in total. The van der Waals surface area contributed by atoms with Gasteiger partial charge in [0.2, 0.25) is 0 Å². The number of hydrogen-bond donors (Lipinski definition) is 0. The van der Waals surface area contributed by atoms with E-state index in [1.807, 2.05) is 12.1 Å². The summed E-state index contributed by atoms with van der Waals surface area (Å²) >= 11 is 0. The van der Waals surface area contributed by atoms with Crippen molar-refractivity contribution in [3.63, 3.8) is 0 Å². The number of esters is 2. The summed E-state index contributed by atoms with van der Waals surface area (Å²) in [4.78, 5) is 23.5. The number of carbonyl (C=O) groups is 2. The normalized spacial score (nSPS) is 13.5. The molecule has 0 saturated carbocycles. The Morgan fingerprint density at radius 2 is 1.29 bits per heavy atom. The van der Waals surface area contributed by atoms with Gasteiger partial charge in [0.1, 0.15) is 17.2 Å². The van der Waals surface area contributed by atoms with Crippen molar-refractivity contribution in [2.24, 2.45) is 5.41 Å². The highest BCUT2D eigenvalue weighted by atomic mass is 16.5. The monoisotopic (exact) mass is 582 g/mol. The second-order valence-corrected chi connectivity index (χ2v) is 10.7. The minimum absolute atomic E-state index is 0.262. The lowest BCUT2D eigenvalue weighted by Gasteiger charge is -2.40. The first-order chi connectivity index (χ1) is 20.5. The molecule has 1 fully saturated rings. The maximum atomic E-state index is 12.5. The van der Waals surface area contributed by atoms with Crippen LogP contribution >= 0.6 is 0 Å². The van der Waals surface area contributed by atoms with Gasteiger partial charge < -0.3 is 28.4 Å². The van der Waals surface area contributed by atoms with Crippen molar-refractivity contribution < 1.29 is 38.0 Å². The molecule has 2 aromatic rings. The Bertz CT molecular complexity index is 1050. The second-order valence-electron chi connectivity index (χ2n) is 10.7. The van der Waals surface area contributed by atoms with E-state index in [4.69, 9.17) is 28.4 Å². The smallest absolute Gasteiger partial charge is 0.343 e. The molecular weight excluding hydrogens is 536 g/mol. The Kier molecular flexibility index (Phi) is 15.0. The van der Waals surface area contributed by atoms with Crippen molar-refractivity contribution in [3.8, 4) is 17.2 Å². The minimum Gasteiger partial charge on any atom is -0.494 e. The third-order valence-corrected chi connectivity index (χ3v) is 7.27. The van der Waals surface area contributed by atoms with Gasteiger partial charge in [-0.05, 0) is 99.9 Å². The van der Waals surface area contributed by atoms with Gasteiger partial charge >= 0.3 is 11.9 Å². The van der Waals surface area contributed by atoms with Crippen LogP contribution in [-0.2, 0) is 19.0 Å². The van der Waals surface area contributed by atoms with Gasteiger partial charge in [0.05, 0.1) is 45.2 Å². The van der Waals surface area contributed by atoms with E-state index in [1.165, 1.54) is 6.08 Å². The van der Waals surface area contributed by atoms with Gasteiger partial charge in [0, 0.05) is 18.1 Å². The molecule has 0 amide bonds. The molecule has 2 aromatic carbocycles. The predicted octanol–water partition coefficient (Wildman–Crippen LogP) is 6.96. The topological polar surface area (TPSA) is 89.5 Å². The highest BCUT2D eigenvalue weighted by Gasteiger charge is 2.36. The summed E-state index contributed by atoms with van der Waals surface area (Å²) in [7, 11) is 0. The lowest BCUT2D eigenvalue weighted by atomic mass is 9.84. The summed E-state index contributed by atoms with van der Waals surface area (Å²) in [5.41, 5.74) is 0.710. The molecule has 1 aliphatic heterocycles. The largest absolute Gasteiger partial charge is 0.494 e. The number of ether oxygens (including phenoxy) is 6. The quantitative estimate of drug-likeness (QED) is 0.0637. The molecule has 0 unspecified atom stereocenters. The molecule has 42 heavy (non-hydrogen) atoms. The van der Waals surface area contributed by atoms with Crippen LogP contribution in [0.4, 0.5) is 0 Å². The standard InChI is InChI=1S/C34H46O8/c1-3-32(35)41-24-12-8-7-11-22-39-29-15-13-28(14-16-29)33(36)42-31-19-17-30(18-20-31)40-23-10-6-5-9-21-37-25-34(4-2)26-38-27-34/h3,13-20H,1,4-12,21-27H2,2H3. The lowest BCUT2D eigenvalue weighted by Crippen LogP contribution is -2.45. The van der Waals surface area contributed by atoms with Gasteiger partial charge in [-0.25, -0.2) is 9.59 Å². The van der Waals surface area contributed by atoms with Gasteiger partial charge in [-0.2, -0.15) is 0 Å². The van der Waals surface area contributed by atoms with Gasteiger partial charge in [-0.3, -0.25) is 0 Å². The van der Waals surface area contributed by atoms with Gasteiger partial charge in [0.25, 0.3) is 0 Å². The van der Waals surface area contributed by atoms with Crippen molar-refractivity contribution in [2.45, 2.75) is 64.7 Å². The fourth-order valence-electron chi connectivity index (χ4n) is 4.36. The highest BCUT2D eigenvalue weighted by Crippen LogP contribution is 2.31. The van der Waals surface area contributed by atoms with E-state index in [-0.39, 0.29) is 11.4 Å². The van der Waals surface area contributed by atoms with Crippen LogP contribution in [0.3, 0.4) is 0 Å². The molecule has 0 atom stereocenters. The number of unbranched alkanes of at least 4 members (excludes halogenated alkanes) is 6. The van der Waals surface area contributed by atoms with E-state index < -0.39 is 5.97 Å². The Labute approximate surface area is 250 Å². The van der Waals surface area contributed by atoms with Gasteiger partial charge in [-0.1, -0.05) is 19.9 Å². The van der Waals surface area contributed by atoms with E-state index in [1.54, 1.807) is 36.4 Å². The lowest BCUT2D eigenvalue weighted by molar-refractivity contribution is -0.150. The molecule has 230 valence electrons. The second kappa shape index (κ2) is 18.9. The Balaban J connectivity index is 1.21. The van der Waals surface area contributed by atoms with Crippen molar-refractivity contribution in [1.82, 2.24) is 0 Å². The van der Waals surface area contributed by atoms with Gasteiger partial charge in [0.15, 0.2) is 0 Å². The van der Waals surface area contributed by atoms with Crippen molar-refractivity contribution in [2.75, 3.05) is 46.2 Å².